The molecule has 7 heteroatoms. The zero-order valence-corrected chi connectivity index (χ0v) is 11.4. The van der Waals surface area contributed by atoms with E-state index in [4.69, 9.17) is 5.73 Å². The summed E-state index contributed by atoms with van der Waals surface area (Å²) >= 11 is 4.78. The molecule has 0 radical (unpaired) electrons. The average molecular weight is 302 g/mol. The van der Waals surface area contributed by atoms with Crippen LogP contribution in [-0.2, 0) is 0 Å². The lowest BCUT2D eigenvalue weighted by molar-refractivity contribution is 0.499. The molecule has 2 aromatic heterocycles. The van der Waals surface area contributed by atoms with Gasteiger partial charge in [-0.1, -0.05) is 4.49 Å². The molecule has 0 saturated carbocycles. The van der Waals surface area contributed by atoms with E-state index < -0.39 is 0 Å². The minimum Gasteiger partial charge on any atom is -0.318 e. The van der Waals surface area contributed by atoms with Crippen LogP contribution in [0.2, 0.25) is 0 Å². The van der Waals surface area contributed by atoms with Gasteiger partial charge in [0.15, 0.2) is 0 Å². The summed E-state index contributed by atoms with van der Waals surface area (Å²) in [5, 5.41) is 8.10. The van der Waals surface area contributed by atoms with E-state index >= 15 is 0 Å². The highest BCUT2D eigenvalue weighted by atomic mass is 79.9. The van der Waals surface area contributed by atoms with Crippen LogP contribution in [0.25, 0.3) is 0 Å². The molecule has 2 aromatic rings. The molecule has 2 rings (SSSR count). The summed E-state index contributed by atoms with van der Waals surface area (Å²) in [6.45, 7) is 4.14. The van der Waals surface area contributed by atoms with Crippen molar-refractivity contribution in [3.8, 4) is 0 Å². The first-order valence-corrected chi connectivity index (χ1v) is 6.43. The first kappa shape index (κ1) is 11.7. The van der Waals surface area contributed by atoms with Gasteiger partial charge < -0.3 is 5.73 Å². The third-order valence-corrected chi connectivity index (χ3v) is 3.61. The van der Waals surface area contributed by atoms with Crippen molar-refractivity contribution in [3.63, 3.8) is 0 Å². The van der Waals surface area contributed by atoms with Gasteiger partial charge in [0.05, 0.1) is 33.5 Å². The smallest absolute Gasteiger partial charge is 0.0861 e. The van der Waals surface area contributed by atoms with Crippen molar-refractivity contribution < 1.29 is 0 Å². The Bertz CT molecular complexity index is 464. The molecule has 86 valence electrons. The van der Waals surface area contributed by atoms with Crippen molar-refractivity contribution in [1.29, 1.82) is 0 Å². The fraction of sp³-hybridized carbons (Fsp3) is 0.444. The van der Waals surface area contributed by atoms with Gasteiger partial charge in [0, 0.05) is 6.04 Å². The monoisotopic (exact) mass is 301 g/mol. The second-order valence-electron chi connectivity index (χ2n) is 3.71. The highest BCUT2D eigenvalue weighted by Crippen LogP contribution is 2.29. The molecule has 2 heterocycles. The number of hydrogen-bond donors (Lipinski definition) is 1. The number of nitrogens with zero attached hydrogens (tertiary/aromatic N) is 4. The van der Waals surface area contributed by atoms with Gasteiger partial charge in [-0.25, -0.2) is 0 Å². The molecule has 0 fully saturated rings. The lowest BCUT2D eigenvalue weighted by Crippen LogP contribution is -2.18. The Hall–Kier alpha value is -0.790. The molecule has 0 spiro atoms. The number of nitrogens with two attached hydrogens (primary N) is 1. The Labute approximate surface area is 106 Å². The van der Waals surface area contributed by atoms with Crippen LogP contribution >= 0.6 is 27.5 Å². The molecule has 0 aromatic carbocycles. The molecule has 2 N–H and O–H groups in total. The maximum absolute atomic E-state index is 6.18. The highest BCUT2D eigenvalue weighted by molar-refractivity contribution is 9.10. The van der Waals surface area contributed by atoms with E-state index in [1.165, 1.54) is 11.5 Å². The van der Waals surface area contributed by atoms with Crippen LogP contribution in [0.15, 0.2) is 16.9 Å². The van der Waals surface area contributed by atoms with Crippen molar-refractivity contribution in [1.82, 2.24) is 19.4 Å². The van der Waals surface area contributed by atoms with E-state index in [1.807, 2.05) is 4.68 Å². The van der Waals surface area contributed by atoms with Gasteiger partial charge in [0.25, 0.3) is 0 Å². The van der Waals surface area contributed by atoms with Crippen LogP contribution in [-0.4, -0.2) is 19.4 Å². The Kier molecular flexibility index (Phi) is 3.36. The summed E-state index contributed by atoms with van der Waals surface area (Å²) in [5.74, 6) is 0. The van der Waals surface area contributed by atoms with Crippen molar-refractivity contribution in [2.75, 3.05) is 0 Å². The van der Waals surface area contributed by atoms with Crippen LogP contribution in [0, 0.1) is 0 Å². The van der Waals surface area contributed by atoms with Crippen LogP contribution in [0.4, 0.5) is 0 Å². The van der Waals surface area contributed by atoms with Gasteiger partial charge in [0.1, 0.15) is 0 Å². The van der Waals surface area contributed by atoms with Gasteiger partial charge in [-0.2, -0.15) is 5.10 Å². The van der Waals surface area contributed by atoms with Gasteiger partial charge in [-0.15, -0.1) is 5.10 Å². The van der Waals surface area contributed by atoms with E-state index in [0.29, 0.717) is 0 Å². The maximum atomic E-state index is 6.18. The van der Waals surface area contributed by atoms with Gasteiger partial charge >= 0.3 is 0 Å². The number of aromatic nitrogens is 4. The second-order valence-corrected chi connectivity index (χ2v) is 5.39. The third-order valence-electron chi connectivity index (χ3n) is 2.26. The number of hydrogen-bond acceptors (Lipinski definition) is 5. The lowest BCUT2D eigenvalue weighted by atomic mass is 10.2. The predicted molar refractivity (Wildman–Crippen MR) is 66.3 cm³/mol. The molecule has 5 nitrogen and oxygen atoms in total. The molecule has 0 aliphatic heterocycles. The summed E-state index contributed by atoms with van der Waals surface area (Å²) in [7, 11) is 0. The molecule has 0 bridgehead atoms. The number of halogens is 1. The summed E-state index contributed by atoms with van der Waals surface area (Å²) in [6.07, 6.45) is 3.46. The molecule has 0 aliphatic rings. The first-order valence-electron chi connectivity index (χ1n) is 4.87. The van der Waals surface area contributed by atoms with Crippen LogP contribution in [0.5, 0.6) is 0 Å². The van der Waals surface area contributed by atoms with Crippen molar-refractivity contribution in [2.24, 2.45) is 5.73 Å². The molecule has 16 heavy (non-hydrogen) atoms. The third kappa shape index (κ3) is 2.02. The zero-order chi connectivity index (χ0) is 11.7. The molecule has 0 aliphatic carbocycles. The molecule has 1 unspecified atom stereocenters. The van der Waals surface area contributed by atoms with Crippen molar-refractivity contribution >= 4 is 27.5 Å². The van der Waals surface area contributed by atoms with Crippen molar-refractivity contribution in [2.45, 2.75) is 25.9 Å². The second kappa shape index (κ2) is 4.60. The Morgan fingerprint density at radius 2 is 2.19 bits per heavy atom. The summed E-state index contributed by atoms with van der Waals surface area (Å²) in [5.41, 5.74) is 7.14. The summed E-state index contributed by atoms with van der Waals surface area (Å²) < 4.78 is 6.65. The van der Waals surface area contributed by atoms with Crippen molar-refractivity contribution in [3.05, 3.63) is 27.4 Å². The number of rotatable bonds is 3. The topological polar surface area (TPSA) is 69.6 Å². The van der Waals surface area contributed by atoms with E-state index in [0.717, 1.165) is 15.0 Å². The fourth-order valence-electron chi connectivity index (χ4n) is 1.50. The minimum absolute atomic E-state index is 0.237. The van der Waals surface area contributed by atoms with E-state index in [2.05, 4.69) is 44.5 Å². The van der Waals surface area contributed by atoms with E-state index in [9.17, 15) is 0 Å². The van der Waals surface area contributed by atoms with Gasteiger partial charge in [0.2, 0.25) is 0 Å². The minimum atomic E-state index is -0.237. The van der Waals surface area contributed by atoms with Crippen LogP contribution < -0.4 is 5.73 Å². The zero-order valence-electron chi connectivity index (χ0n) is 8.96. The SMILES string of the molecule is CC(C)n1ncc(Br)c1C(N)c1cnns1. The van der Waals surface area contributed by atoms with Gasteiger partial charge in [-0.3, -0.25) is 4.68 Å². The predicted octanol–water partition coefficient (Wildman–Crippen LogP) is 2.13. The van der Waals surface area contributed by atoms with E-state index in [-0.39, 0.29) is 12.1 Å². The molecular formula is C9H12BrN5S. The molecular weight excluding hydrogens is 290 g/mol. The Morgan fingerprint density at radius 3 is 2.75 bits per heavy atom. The highest BCUT2D eigenvalue weighted by Gasteiger charge is 2.21. The van der Waals surface area contributed by atoms with Crippen LogP contribution in [0.1, 0.15) is 36.5 Å². The summed E-state index contributed by atoms with van der Waals surface area (Å²) in [6, 6.07) is 0.0347. The first-order chi connectivity index (χ1) is 7.61. The molecule has 0 amide bonds. The summed E-state index contributed by atoms with van der Waals surface area (Å²) in [4.78, 5) is 0.933. The van der Waals surface area contributed by atoms with E-state index in [1.54, 1.807) is 12.4 Å². The average Bonchev–Trinajstić information content (AvgIpc) is 2.84. The largest absolute Gasteiger partial charge is 0.318 e. The standard InChI is InChI=1S/C9H12BrN5S/c1-5(2)15-9(6(10)3-13-15)8(11)7-4-12-14-16-7/h3-5,8H,11H2,1-2H3. The fourth-order valence-corrected chi connectivity index (χ4v) is 2.53. The quantitative estimate of drug-likeness (QED) is 0.943. The Balaban J connectivity index is 2.43. The Morgan fingerprint density at radius 1 is 1.44 bits per heavy atom. The molecule has 0 saturated heterocycles. The normalized spacial score (nSPS) is 13.3. The maximum Gasteiger partial charge on any atom is 0.0861 e. The molecule has 1 atom stereocenters. The lowest BCUT2D eigenvalue weighted by Gasteiger charge is -2.15. The van der Waals surface area contributed by atoms with Crippen LogP contribution in [0.3, 0.4) is 0 Å². The van der Waals surface area contributed by atoms with Gasteiger partial charge in [-0.05, 0) is 41.3 Å².